The van der Waals surface area contributed by atoms with E-state index >= 15 is 0 Å². The van der Waals surface area contributed by atoms with Crippen LogP contribution < -0.4 is 11.1 Å². The summed E-state index contributed by atoms with van der Waals surface area (Å²) < 4.78 is 37.4. The summed E-state index contributed by atoms with van der Waals surface area (Å²) >= 11 is 0. The molecular weight excluding hydrogens is 237 g/mol. The van der Waals surface area contributed by atoms with Gasteiger partial charge in [-0.05, 0) is 19.1 Å². The molecule has 1 aromatic carbocycles. The van der Waals surface area contributed by atoms with Crippen LogP contribution in [0.15, 0.2) is 12.1 Å². The number of halogens is 3. The molecule has 0 atom stereocenters. The molecule has 4 nitrogen and oxygen atoms in total. The Hall–Kier alpha value is -1.92. The number of nitrogens with one attached hydrogen (secondary N) is 1. The summed E-state index contributed by atoms with van der Waals surface area (Å²) in [4.78, 5) is 10.9. The number of nitrogens with two attached hydrogens (primary N) is 1. The molecule has 0 unspecified atom stereocenters. The minimum absolute atomic E-state index is 0.00741. The molecule has 0 aliphatic rings. The van der Waals surface area contributed by atoms with Gasteiger partial charge < -0.3 is 16.2 Å². The smallest absolute Gasteiger partial charge is 0.416 e. The third-order valence-corrected chi connectivity index (χ3v) is 2.08. The summed E-state index contributed by atoms with van der Waals surface area (Å²) in [6.07, 6.45) is -4.62. The molecule has 7 heteroatoms. The summed E-state index contributed by atoms with van der Waals surface area (Å²) in [5.74, 6) is -1.46. The molecule has 0 aromatic heterocycles. The van der Waals surface area contributed by atoms with E-state index in [9.17, 15) is 18.0 Å². The van der Waals surface area contributed by atoms with Gasteiger partial charge in [0.2, 0.25) is 0 Å². The molecule has 0 fully saturated rings. The molecular formula is C10H11F3N2O2. The number of benzene rings is 1. The Kier molecular flexibility index (Phi) is 3.50. The molecule has 0 radical (unpaired) electrons. The van der Waals surface area contributed by atoms with Gasteiger partial charge in [0, 0.05) is 6.54 Å². The number of hydrogen-bond acceptors (Lipinski definition) is 3. The Morgan fingerprint density at radius 1 is 1.47 bits per heavy atom. The summed E-state index contributed by atoms with van der Waals surface area (Å²) in [6.45, 7) is 2.04. The molecule has 94 valence electrons. The van der Waals surface area contributed by atoms with Gasteiger partial charge >= 0.3 is 12.1 Å². The largest absolute Gasteiger partial charge is 0.478 e. The highest BCUT2D eigenvalue weighted by atomic mass is 19.4. The first-order valence-electron chi connectivity index (χ1n) is 4.75. The highest BCUT2D eigenvalue weighted by molar-refractivity contribution is 5.98. The summed E-state index contributed by atoms with van der Waals surface area (Å²) in [5.41, 5.74) is 3.63. The van der Waals surface area contributed by atoms with E-state index < -0.39 is 23.3 Å². The number of hydrogen-bond donors (Lipinski definition) is 3. The zero-order chi connectivity index (χ0) is 13.2. The average Bonchev–Trinajstić information content (AvgIpc) is 2.18. The summed E-state index contributed by atoms with van der Waals surface area (Å²) in [7, 11) is 0. The number of nitrogen functional groups attached to an aromatic ring is 1. The average molecular weight is 248 g/mol. The van der Waals surface area contributed by atoms with Gasteiger partial charge in [-0.2, -0.15) is 13.2 Å². The zero-order valence-corrected chi connectivity index (χ0v) is 8.93. The summed E-state index contributed by atoms with van der Waals surface area (Å²) in [5, 5.41) is 11.5. The van der Waals surface area contributed by atoms with Crippen molar-refractivity contribution in [2.45, 2.75) is 13.1 Å². The van der Waals surface area contributed by atoms with Crippen molar-refractivity contribution in [3.05, 3.63) is 23.3 Å². The van der Waals surface area contributed by atoms with E-state index in [-0.39, 0.29) is 11.4 Å². The molecule has 0 heterocycles. The van der Waals surface area contributed by atoms with Gasteiger partial charge in [-0.3, -0.25) is 0 Å². The highest BCUT2D eigenvalue weighted by Crippen LogP contribution is 2.35. The van der Waals surface area contributed by atoms with E-state index in [1.54, 1.807) is 6.92 Å². The van der Waals surface area contributed by atoms with Crippen LogP contribution in [-0.4, -0.2) is 17.6 Å². The number of alkyl halides is 3. The Bertz CT molecular complexity index is 444. The lowest BCUT2D eigenvalue weighted by molar-refractivity contribution is -0.137. The van der Waals surface area contributed by atoms with E-state index in [1.165, 1.54) is 0 Å². The van der Waals surface area contributed by atoms with Crippen LogP contribution in [0.1, 0.15) is 22.8 Å². The van der Waals surface area contributed by atoms with Crippen molar-refractivity contribution in [1.29, 1.82) is 0 Å². The third kappa shape index (κ3) is 2.80. The number of carboxylic acid groups (broad SMARTS) is 1. The van der Waals surface area contributed by atoms with Crippen LogP contribution in [0.3, 0.4) is 0 Å². The molecule has 0 amide bonds. The predicted octanol–water partition coefficient (Wildman–Crippen LogP) is 2.42. The molecule has 1 rings (SSSR count). The lowest BCUT2D eigenvalue weighted by Crippen LogP contribution is -2.13. The van der Waals surface area contributed by atoms with Crippen LogP contribution in [0.2, 0.25) is 0 Å². The second kappa shape index (κ2) is 4.52. The van der Waals surface area contributed by atoms with Crippen molar-refractivity contribution >= 4 is 17.3 Å². The van der Waals surface area contributed by atoms with Gasteiger partial charge in [-0.15, -0.1) is 0 Å². The first-order valence-corrected chi connectivity index (χ1v) is 4.75. The monoisotopic (exact) mass is 248 g/mol. The van der Waals surface area contributed by atoms with Gasteiger partial charge in [0.25, 0.3) is 0 Å². The van der Waals surface area contributed by atoms with E-state index in [0.717, 1.165) is 0 Å². The highest BCUT2D eigenvalue weighted by Gasteiger charge is 2.32. The Balaban J connectivity index is 3.41. The first-order chi connectivity index (χ1) is 7.77. The number of rotatable bonds is 3. The second-order valence-corrected chi connectivity index (χ2v) is 3.32. The van der Waals surface area contributed by atoms with Gasteiger partial charge in [-0.25, -0.2) is 4.79 Å². The lowest BCUT2D eigenvalue weighted by Gasteiger charge is -2.14. The SMILES string of the molecule is CCNc1c(N)cc(C(F)(F)F)cc1C(=O)O. The van der Waals surface area contributed by atoms with Crippen LogP contribution >= 0.6 is 0 Å². The van der Waals surface area contributed by atoms with Crippen LogP contribution in [0.25, 0.3) is 0 Å². The van der Waals surface area contributed by atoms with Gasteiger partial charge in [-0.1, -0.05) is 0 Å². The van der Waals surface area contributed by atoms with Crippen LogP contribution in [0.4, 0.5) is 24.5 Å². The first kappa shape index (κ1) is 13.1. The molecule has 0 saturated carbocycles. The molecule has 1 aromatic rings. The maximum absolute atomic E-state index is 12.5. The van der Waals surface area contributed by atoms with E-state index in [0.29, 0.717) is 18.7 Å². The second-order valence-electron chi connectivity index (χ2n) is 3.32. The fraction of sp³-hybridized carbons (Fsp3) is 0.300. The topological polar surface area (TPSA) is 75.3 Å². The molecule has 17 heavy (non-hydrogen) atoms. The molecule has 0 aliphatic carbocycles. The van der Waals surface area contributed by atoms with Crippen molar-refractivity contribution in [2.24, 2.45) is 0 Å². The van der Waals surface area contributed by atoms with Gasteiger partial charge in [0.1, 0.15) is 0 Å². The Morgan fingerprint density at radius 3 is 2.47 bits per heavy atom. The fourth-order valence-corrected chi connectivity index (χ4v) is 1.37. The van der Waals surface area contributed by atoms with Crippen LogP contribution in [0, 0.1) is 0 Å². The van der Waals surface area contributed by atoms with Gasteiger partial charge in [0.15, 0.2) is 0 Å². The fourth-order valence-electron chi connectivity index (χ4n) is 1.37. The van der Waals surface area contributed by atoms with Crippen molar-refractivity contribution in [3.63, 3.8) is 0 Å². The van der Waals surface area contributed by atoms with Crippen molar-refractivity contribution in [2.75, 3.05) is 17.6 Å². The Morgan fingerprint density at radius 2 is 2.06 bits per heavy atom. The predicted molar refractivity (Wildman–Crippen MR) is 57.0 cm³/mol. The summed E-state index contributed by atoms with van der Waals surface area (Å²) in [6, 6.07) is 1.28. The number of carboxylic acids is 1. The minimum Gasteiger partial charge on any atom is -0.478 e. The maximum atomic E-state index is 12.5. The standard InChI is InChI=1S/C10H11F3N2O2/c1-2-15-8-6(9(16)17)3-5(4-7(8)14)10(11,12)13/h3-4,15H,2,14H2,1H3,(H,16,17). The van der Waals surface area contributed by atoms with Crippen molar-refractivity contribution in [3.8, 4) is 0 Å². The number of aromatic carboxylic acids is 1. The van der Waals surface area contributed by atoms with Crippen LogP contribution in [0.5, 0.6) is 0 Å². The van der Waals surface area contributed by atoms with E-state index in [1.807, 2.05) is 0 Å². The minimum atomic E-state index is -4.62. The van der Waals surface area contributed by atoms with Crippen molar-refractivity contribution < 1.29 is 23.1 Å². The van der Waals surface area contributed by atoms with E-state index in [4.69, 9.17) is 10.8 Å². The lowest BCUT2D eigenvalue weighted by atomic mass is 10.1. The molecule has 4 N–H and O–H groups in total. The molecule has 0 bridgehead atoms. The molecule has 0 spiro atoms. The number of anilines is 2. The Labute approximate surface area is 95.2 Å². The zero-order valence-electron chi connectivity index (χ0n) is 8.93. The van der Waals surface area contributed by atoms with Gasteiger partial charge in [0.05, 0.1) is 22.5 Å². The molecule has 0 aliphatic heterocycles. The quantitative estimate of drug-likeness (QED) is 0.718. The number of carbonyl (C=O) groups is 1. The third-order valence-electron chi connectivity index (χ3n) is 2.08. The van der Waals surface area contributed by atoms with Crippen molar-refractivity contribution in [1.82, 2.24) is 0 Å². The maximum Gasteiger partial charge on any atom is 0.416 e. The normalized spacial score (nSPS) is 11.3. The molecule has 0 saturated heterocycles. The van der Waals surface area contributed by atoms with E-state index in [2.05, 4.69) is 5.32 Å². The van der Waals surface area contributed by atoms with Crippen LogP contribution in [-0.2, 0) is 6.18 Å².